The number of nitrogens with one attached hydrogen (secondary N) is 1. The van der Waals surface area contributed by atoms with Gasteiger partial charge in [0.15, 0.2) is 11.6 Å². The minimum atomic E-state index is -1.05. The van der Waals surface area contributed by atoms with Gasteiger partial charge in [0.2, 0.25) is 0 Å². The van der Waals surface area contributed by atoms with Crippen LogP contribution in [0.15, 0.2) is 18.2 Å². The first-order valence-electron chi connectivity index (χ1n) is 7.15. The molecule has 5 heteroatoms. The predicted molar refractivity (Wildman–Crippen MR) is 81.7 cm³/mol. The van der Waals surface area contributed by atoms with Gasteiger partial charge in [0, 0.05) is 11.4 Å². The van der Waals surface area contributed by atoms with Gasteiger partial charge in [0.05, 0.1) is 12.6 Å². The SMILES string of the molecule is CCCC[S+]([O-])N[C@@H](C)c1ccc(F)c(OCCC)c1. The highest BCUT2D eigenvalue weighted by Crippen LogP contribution is 2.23. The molecule has 0 amide bonds. The zero-order valence-electron chi connectivity index (χ0n) is 12.4. The summed E-state index contributed by atoms with van der Waals surface area (Å²) in [6, 6.07) is 4.67. The lowest BCUT2D eigenvalue weighted by Gasteiger charge is -2.18. The van der Waals surface area contributed by atoms with Crippen molar-refractivity contribution in [2.45, 2.75) is 46.1 Å². The third kappa shape index (κ3) is 5.69. The van der Waals surface area contributed by atoms with Crippen LogP contribution in [0.5, 0.6) is 5.75 Å². The second kappa shape index (κ2) is 9.21. The Balaban J connectivity index is 2.65. The summed E-state index contributed by atoms with van der Waals surface area (Å²) in [5, 5.41) is 0. The van der Waals surface area contributed by atoms with E-state index >= 15 is 0 Å². The summed E-state index contributed by atoms with van der Waals surface area (Å²) in [5.74, 6) is 0.542. The maximum Gasteiger partial charge on any atom is 0.165 e. The van der Waals surface area contributed by atoms with Crippen LogP contribution in [-0.2, 0) is 11.4 Å². The standard InChI is InChI=1S/C15H24FNO2S/c1-4-6-10-20(18)17-12(3)13-7-8-14(16)15(11-13)19-9-5-2/h7-8,11-12,17H,4-6,9-10H2,1-3H3/t12-,20?/m0/s1. The normalized spacial score (nSPS) is 14.1. The summed E-state index contributed by atoms with van der Waals surface area (Å²) < 4.78 is 33.8. The van der Waals surface area contributed by atoms with Crippen molar-refractivity contribution in [2.75, 3.05) is 12.4 Å². The molecule has 0 heterocycles. The molecular weight excluding hydrogens is 277 g/mol. The molecule has 0 bridgehead atoms. The molecule has 1 aromatic carbocycles. The van der Waals surface area contributed by atoms with Gasteiger partial charge in [-0.25, -0.2) is 4.39 Å². The zero-order chi connectivity index (χ0) is 15.0. The van der Waals surface area contributed by atoms with Gasteiger partial charge in [-0.05, 0) is 37.5 Å². The lowest BCUT2D eigenvalue weighted by atomic mass is 10.1. The molecule has 0 fully saturated rings. The van der Waals surface area contributed by atoms with Crippen LogP contribution < -0.4 is 9.46 Å². The minimum Gasteiger partial charge on any atom is -0.598 e. The van der Waals surface area contributed by atoms with E-state index in [9.17, 15) is 8.94 Å². The second-order valence-electron chi connectivity index (χ2n) is 4.78. The number of ether oxygens (including phenoxy) is 1. The molecule has 1 aromatic rings. The first-order valence-corrected chi connectivity index (χ1v) is 8.47. The van der Waals surface area contributed by atoms with E-state index in [0.717, 1.165) is 24.8 Å². The van der Waals surface area contributed by atoms with Crippen LogP contribution in [0, 0.1) is 5.82 Å². The van der Waals surface area contributed by atoms with Crippen LogP contribution in [-0.4, -0.2) is 16.9 Å². The van der Waals surface area contributed by atoms with Crippen LogP contribution in [0.2, 0.25) is 0 Å². The number of hydrogen-bond donors (Lipinski definition) is 1. The number of hydrogen-bond acceptors (Lipinski definition) is 3. The summed E-state index contributed by atoms with van der Waals surface area (Å²) in [7, 11) is 0. The van der Waals surface area contributed by atoms with Crippen LogP contribution in [0.25, 0.3) is 0 Å². The highest BCUT2D eigenvalue weighted by Gasteiger charge is 2.15. The van der Waals surface area contributed by atoms with E-state index in [-0.39, 0.29) is 17.6 Å². The van der Waals surface area contributed by atoms with Crippen molar-refractivity contribution in [2.24, 2.45) is 0 Å². The van der Waals surface area contributed by atoms with E-state index in [1.165, 1.54) is 6.07 Å². The van der Waals surface area contributed by atoms with Crippen molar-refractivity contribution in [1.29, 1.82) is 0 Å². The van der Waals surface area contributed by atoms with Crippen molar-refractivity contribution in [3.05, 3.63) is 29.6 Å². The number of halogens is 1. The summed E-state index contributed by atoms with van der Waals surface area (Å²) in [5.41, 5.74) is 0.877. The molecule has 0 saturated carbocycles. The highest BCUT2D eigenvalue weighted by atomic mass is 32.2. The molecule has 0 aliphatic carbocycles. The Morgan fingerprint density at radius 3 is 2.75 bits per heavy atom. The summed E-state index contributed by atoms with van der Waals surface area (Å²) >= 11 is -1.05. The zero-order valence-corrected chi connectivity index (χ0v) is 13.3. The molecule has 0 aromatic heterocycles. The lowest BCUT2D eigenvalue weighted by molar-refractivity contribution is 0.300. The molecule has 0 aliphatic rings. The topological polar surface area (TPSA) is 44.3 Å². The van der Waals surface area contributed by atoms with Gasteiger partial charge in [-0.15, -0.1) is 4.72 Å². The quantitative estimate of drug-likeness (QED) is 0.707. The number of rotatable bonds is 9. The van der Waals surface area contributed by atoms with Gasteiger partial charge >= 0.3 is 0 Å². The van der Waals surface area contributed by atoms with E-state index in [0.29, 0.717) is 12.4 Å². The van der Waals surface area contributed by atoms with Gasteiger partial charge in [0.1, 0.15) is 5.75 Å². The van der Waals surface area contributed by atoms with Crippen LogP contribution in [0.4, 0.5) is 4.39 Å². The van der Waals surface area contributed by atoms with Gasteiger partial charge < -0.3 is 9.29 Å². The van der Waals surface area contributed by atoms with E-state index in [2.05, 4.69) is 11.6 Å². The van der Waals surface area contributed by atoms with Crippen molar-refractivity contribution < 1.29 is 13.7 Å². The smallest absolute Gasteiger partial charge is 0.165 e. The molecule has 20 heavy (non-hydrogen) atoms. The fourth-order valence-corrected chi connectivity index (χ4v) is 2.91. The fraction of sp³-hybridized carbons (Fsp3) is 0.600. The van der Waals surface area contributed by atoms with Crippen molar-refractivity contribution in [1.82, 2.24) is 4.72 Å². The van der Waals surface area contributed by atoms with Gasteiger partial charge in [-0.2, -0.15) is 0 Å². The molecule has 0 radical (unpaired) electrons. The van der Waals surface area contributed by atoms with Crippen molar-refractivity contribution in [3.8, 4) is 5.75 Å². The number of benzene rings is 1. The van der Waals surface area contributed by atoms with E-state index in [1.807, 2.05) is 13.8 Å². The molecule has 1 unspecified atom stereocenters. The molecular formula is C15H24FNO2S. The first-order chi connectivity index (χ1) is 9.58. The summed E-state index contributed by atoms with van der Waals surface area (Å²) in [4.78, 5) is 0. The Morgan fingerprint density at radius 1 is 1.35 bits per heavy atom. The van der Waals surface area contributed by atoms with Crippen molar-refractivity contribution in [3.63, 3.8) is 0 Å². The second-order valence-corrected chi connectivity index (χ2v) is 6.12. The predicted octanol–water partition coefficient (Wildman–Crippen LogP) is 3.73. The molecule has 0 saturated heterocycles. The maximum absolute atomic E-state index is 13.6. The Morgan fingerprint density at radius 2 is 2.10 bits per heavy atom. The summed E-state index contributed by atoms with van der Waals surface area (Å²) in [6.07, 6.45) is 2.78. The Labute approximate surface area is 124 Å². The molecule has 0 spiro atoms. The number of unbranched alkanes of at least 4 members (excludes halogenated alkanes) is 1. The lowest BCUT2D eigenvalue weighted by Crippen LogP contribution is -2.29. The Hall–Kier alpha value is -0.780. The molecule has 3 nitrogen and oxygen atoms in total. The third-order valence-corrected chi connectivity index (χ3v) is 4.18. The van der Waals surface area contributed by atoms with E-state index < -0.39 is 11.4 Å². The van der Waals surface area contributed by atoms with Gasteiger partial charge in [-0.1, -0.05) is 26.3 Å². The Bertz CT molecular complexity index is 403. The average molecular weight is 301 g/mol. The molecule has 1 rings (SSSR count). The van der Waals surface area contributed by atoms with Crippen molar-refractivity contribution >= 4 is 11.4 Å². The highest BCUT2D eigenvalue weighted by molar-refractivity contribution is 7.89. The largest absolute Gasteiger partial charge is 0.598 e. The third-order valence-electron chi connectivity index (χ3n) is 2.91. The van der Waals surface area contributed by atoms with Crippen LogP contribution >= 0.6 is 0 Å². The molecule has 1 N–H and O–H groups in total. The first kappa shape index (κ1) is 17.3. The van der Waals surface area contributed by atoms with E-state index in [1.54, 1.807) is 12.1 Å². The minimum absolute atomic E-state index is 0.0998. The fourth-order valence-electron chi connectivity index (χ4n) is 1.71. The molecule has 2 atom stereocenters. The molecule has 114 valence electrons. The summed E-state index contributed by atoms with van der Waals surface area (Å²) in [6.45, 7) is 6.45. The van der Waals surface area contributed by atoms with Gasteiger partial charge in [0.25, 0.3) is 0 Å². The Kier molecular flexibility index (Phi) is 7.95. The molecule has 0 aliphatic heterocycles. The van der Waals surface area contributed by atoms with E-state index in [4.69, 9.17) is 4.74 Å². The maximum atomic E-state index is 13.6. The monoisotopic (exact) mass is 301 g/mol. The van der Waals surface area contributed by atoms with Crippen LogP contribution in [0.1, 0.15) is 51.6 Å². The average Bonchev–Trinajstić information content (AvgIpc) is 2.44. The van der Waals surface area contributed by atoms with Crippen LogP contribution in [0.3, 0.4) is 0 Å². The van der Waals surface area contributed by atoms with Gasteiger partial charge in [-0.3, -0.25) is 0 Å².